The molecule has 26 heavy (non-hydrogen) atoms. The molecule has 1 aromatic carbocycles. The molecule has 0 unspecified atom stereocenters. The second-order valence-electron chi connectivity index (χ2n) is 7.07. The molecule has 2 heterocycles. The van der Waals surface area contributed by atoms with E-state index in [0.717, 1.165) is 30.6 Å². The molecule has 0 radical (unpaired) electrons. The van der Waals surface area contributed by atoms with E-state index in [2.05, 4.69) is 0 Å². The van der Waals surface area contributed by atoms with E-state index in [4.69, 9.17) is 0 Å². The Kier molecular flexibility index (Phi) is 5.59. The van der Waals surface area contributed by atoms with Gasteiger partial charge in [-0.05, 0) is 43.0 Å². The van der Waals surface area contributed by atoms with Crippen LogP contribution in [-0.2, 0) is 16.0 Å². The summed E-state index contributed by atoms with van der Waals surface area (Å²) >= 11 is 0. The molecule has 3 rings (SSSR count). The minimum Gasteiger partial charge on any atom is -0.341 e. The molecule has 0 bridgehead atoms. The molecule has 0 N–H and O–H groups in total. The van der Waals surface area contributed by atoms with E-state index in [1.807, 2.05) is 28.9 Å². The largest absolute Gasteiger partial charge is 0.341 e. The highest BCUT2D eigenvalue weighted by molar-refractivity contribution is 5.99. The molecule has 1 fully saturated rings. The summed E-state index contributed by atoms with van der Waals surface area (Å²) in [5, 5.41) is 0. The van der Waals surface area contributed by atoms with Crippen LogP contribution in [0.15, 0.2) is 18.2 Å². The van der Waals surface area contributed by atoms with Crippen molar-refractivity contribution in [3.63, 3.8) is 0 Å². The van der Waals surface area contributed by atoms with Crippen LogP contribution in [0.2, 0.25) is 0 Å². The maximum absolute atomic E-state index is 12.9. The highest BCUT2D eigenvalue weighted by Gasteiger charge is 2.25. The molecule has 0 aliphatic carbocycles. The molecule has 1 aromatic rings. The van der Waals surface area contributed by atoms with Gasteiger partial charge in [0.25, 0.3) is 5.91 Å². The minimum atomic E-state index is 0.0112. The molecule has 0 saturated carbocycles. The van der Waals surface area contributed by atoms with Crippen LogP contribution in [0.4, 0.5) is 5.69 Å². The van der Waals surface area contributed by atoms with Crippen molar-refractivity contribution in [3.8, 4) is 0 Å². The highest BCUT2D eigenvalue weighted by Crippen LogP contribution is 2.28. The number of carbonyl (C=O) groups is 3. The quantitative estimate of drug-likeness (QED) is 0.832. The fraction of sp³-hybridized carbons (Fsp3) is 0.550. The van der Waals surface area contributed by atoms with Crippen LogP contribution in [-0.4, -0.2) is 60.7 Å². The third-order valence-corrected chi connectivity index (χ3v) is 5.27. The third kappa shape index (κ3) is 3.74. The third-order valence-electron chi connectivity index (χ3n) is 5.27. The first-order chi connectivity index (χ1) is 12.5. The molecule has 0 spiro atoms. The number of amides is 3. The fourth-order valence-corrected chi connectivity index (χ4v) is 3.71. The van der Waals surface area contributed by atoms with Crippen LogP contribution in [0.1, 0.15) is 48.5 Å². The minimum absolute atomic E-state index is 0.0112. The molecule has 6 heteroatoms. The first-order valence-corrected chi connectivity index (χ1v) is 9.47. The summed E-state index contributed by atoms with van der Waals surface area (Å²) in [7, 11) is 1.78. The van der Waals surface area contributed by atoms with Crippen LogP contribution in [0, 0.1) is 0 Å². The number of nitrogens with zero attached hydrogens (tertiary/aromatic N) is 3. The summed E-state index contributed by atoms with van der Waals surface area (Å²) in [5.74, 6) is 0.307. The Hall–Kier alpha value is -2.37. The van der Waals surface area contributed by atoms with E-state index in [-0.39, 0.29) is 17.7 Å². The zero-order valence-electron chi connectivity index (χ0n) is 15.7. The standard InChI is InChI=1S/C20H27N3O3/c1-3-5-19(25)22-10-4-11-23(13-12-22)20(26)16-6-8-17-15(14-16)7-9-18(24)21(17)2/h6,8,14H,3-5,7,9-13H2,1-2H3. The van der Waals surface area contributed by atoms with Crippen LogP contribution in [0.25, 0.3) is 0 Å². The van der Waals surface area contributed by atoms with Crippen molar-refractivity contribution in [2.45, 2.75) is 39.0 Å². The maximum atomic E-state index is 12.9. The van der Waals surface area contributed by atoms with Crippen LogP contribution in [0.3, 0.4) is 0 Å². The van der Waals surface area contributed by atoms with E-state index >= 15 is 0 Å². The normalized spacial score (nSPS) is 17.8. The molecule has 0 atom stereocenters. The van der Waals surface area contributed by atoms with Gasteiger partial charge in [-0.15, -0.1) is 0 Å². The van der Waals surface area contributed by atoms with Gasteiger partial charge in [0.2, 0.25) is 11.8 Å². The number of fused-ring (bicyclic) bond motifs is 1. The number of aryl methyl sites for hydroxylation is 1. The first-order valence-electron chi connectivity index (χ1n) is 9.47. The van der Waals surface area contributed by atoms with Gasteiger partial charge in [-0.3, -0.25) is 14.4 Å². The molecule has 2 aliphatic rings. The Balaban J connectivity index is 1.70. The van der Waals surface area contributed by atoms with E-state index in [0.29, 0.717) is 44.5 Å². The van der Waals surface area contributed by atoms with Gasteiger partial charge < -0.3 is 14.7 Å². The highest BCUT2D eigenvalue weighted by atomic mass is 16.2. The Bertz CT molecular complexity index is 716. The lowest BCUT2D eigenvalue weighted by Gasteiger charge is -2.27. The van der Waals surface area contributed by atoms with Gasteiger partial charge in [0.1, 0.15) is 0 Å². The average molecular weight is 357 g/mol. The number of carbonyl (C=O) groups excluding carboxylic acids is 3. The summed E-state index contributed by atoms with van der Waals surface area (Å²) in [5.41, 5.74) is 2.61. The first kappa shape index (κ1) is 18.4. The second kappa shape index (κ2) is 7.89. The van der Waals surface area contributed by atoms with Gasteiger partial charge in [0, 0.05) is 57.3 Å². The Morgan fingerprint density at radius 3 is 2.54 bits per heavy atom. The molecule has 3 amide bonds. The van der Waals surface area contributed by atoms with Gasteiger partial charge in [-0.2, -0.15) is 0 Å². The number of anilines is 1. The SMILES string of the molecule is CCCC(=O)N1CCCN(C(=O)c2ccc3c(c2)CCC(=O)N3C)CC1. The summed E-state index contributed by atoms with van der Waals surface area (Å²) in [6.07, 6.45) is 3.40. The predicted octanol–water partition coefficient (Wildman–Crippen LogP) is 2.07. The number of hydrogen-bond donors (Lipinski definition) is 0. The van der Waals surface area contributed by atoms with Crippen molar-refractivity contribution in [1.82, 2.24) is 9.80 Å². The molecule has 2 aliphatic heterocycles. The van der Waals surface area contributed by atoms with E-state index < -0.39 is 0 Å². The van der Waals surface area contributed by atoms with Crippen molar-refractivity contribution < 1.29 is 14.4 Å². The van der Waals surface area contributed by atoms with Gasteiger partial charge in [-0.25, -0.2) is 0 Å². The monoisotopic (exact) mass is 357 g/mol. The van der Waals surface area contributed by atoms with Gasteiger partial charge >= 0.3 is 0 Å². The van der Waals surface area contributed by atoms with Crippen molar-refractivity contribution in [3.05, 3.63) is 29.3 Å². The molecule has 140 valence electrons. The molecular weight excluding hydrogens is 330 g/mol. The molecule has 0 aromatic heterocycles. The maximum Gasteiger partial charge on any atom is 0.253 e. The zero-order chi connectivity index (χ0) is 18.7. The summed E-state index contributed by atoms with van der Waals surface area (Å²) < 4.78 is 0. The van der Waals surface area contributed by atoms with Crippen molar-refractivity contribution in [2.75, 3.05) is 38.1 Å². The van der Waals surface area contributed by atoms with Crippen molar-refractivity contribution in [1.29, 1.82) is 0 Å². The Morgan fingerprint density at radius 1 is 1.04 bits per heavy atom. The smallest absolute Gasteiger partial charge is 0.253 e. The lowest BCUT2D eigenvalue weighted by Crippen LogP contribution is -2.37. The van der Waals surface area contributed by atoms with E-state index in [1.165, 1.54) is 0 Å². The number of rotatable bonds is 3. The number of hydrogen-bond acceptors (Lipinski definition) is 3. The predicted molar refractivity (Wildman–Crippen MR) is 100 cm³/mol. The Morgan fingerprint density at radius 2 is 1.77 bits per heavy atom. The van der Waals surface area contributed by atoms with Crippen LogP contribution in [0.5, 0.6) is 0 Å². The second-order valence-corrected chi connectivity index (χ2v) is 7.07. The van der Waals surface area contributed by atoms with Crippen LogP contribution >= 0.6 is 0 Å². The van der Waals surface area contributed by atoms with Gasteiger partial charge in [-0.1, -0.05) is 6.92 Å². The fourth-order valence-electron chi connectivity index (χ4n) is 3.71. The lowest BCUT2D eigenvalue weighted by molar-refractivity contribution is -0.131. The molecule has 1 saturated heterocycles. The van der Waals surface area contributed by atoms with Gasteiger partial charge in [0.05, 0.1) is 0 Å². The zero-order valence-corrected chi connectivity index (χ0v) is 15.7. The lowest BCUT2D eigenvalue weighted by atomic mass is 9.98. The topological polar surface area (TPSA) is 60.9 Å². The molecular formula is C20H27N3O3. The summed E-state index contributed by atoms with van der Waals surface area (Å²) in [6, 6.07) is 5.60. The van der Waals surface area contributed by atoms with Crippen LogP contribution < -0.4 is 4.90 Å². The van der Waals surface area contributed by atoms with E-state index in [9.17, 15) is 14.4 Å². The number of benzene rings is 1. The summed E-state index contributed by atoms with van der Waals surface area (Å²) in [6.45, 7) is 4.58. The van der Waals surface area contributed by atoms with Crippen molar-refractivity contribution >= 4 is 23.4 Å². The average Bonchev–Trinajstić information content (AvgIpc) is 2.90. The Labute approximate surface area is 154 Å². The molecule has 6 nitrogen and oxygen atoms in total. The van der Waals surface area contributed by atoms with E-state index in [1.54, 1.807) is 18.0 Å². The summed E-state index contributed by atoms with van der Waals surface area (Å²) in [4.78, 5) is 42.2. The van der Waals surface area contributed by atoms with Crippen molar-refractivity contribution in [2.24, 2.45) is 0 Å². The van der Waals surface area contributed by atoms with Gasteiger partial charge in [0.15, 0.2) is 0 Å².